The maximum atomic E-state index is 13.6. The third kappa shape index (κ3) is 5.35. The van der Waals surface area contributed by atoms with Crippen LogP contribution in [-0.2, 0) is 15.3 Å². The number of aryl methyl sites for hydroxylation is 1. The fraction of sp³-hybridized carbons (Fsp3) is 0.152. The molecule has 1 unspecified atom stereocenters. The van der Waals surface area contributed by atoms with Crippen molar-refractivity contribution in [2.24, 2.45) is 0 Å². The van der Waals surface area contributed by atoms with Gasteiger partial charge in [-0.05, 0) is 47.0 Å². The number of hydrogen-bond acceptors (Lipinski definition) is 9. The minimum absolute atomic E-state index is 0.0405. The SMILES string of the molecule is COc1ccc(/C(O)=C2/C(=O)C(=O)N(c3nnc(SCc4cccc5ccccc45)s3)C2c2ccc(C)cc2)cc1OC. The molecule has 1 aromatic heterocycles. The molecular formula is C33H27N3O5S2. The minimum atomic E-state index is -0.905. The van der Waals surface area contributed by atoms with Gasteiger partial charge in [0.1, 0.15) is 5.76 Å². The van der Waals surface area contributed by atoms with Gasteiger partial charge in [-0.3, -0.25) is 14.5 Å². The molecule has 0 saturated carbocycles. The molecule has 0 bridgehead atoms. The van der Waals surface area contributed by atoms with E-state index in [2.05, 4.69) is 34.5 Å². The molecule has 1 N–H and O–H groups in total. The number of fused-ring (bicyclic) bond motifs is 1. The van der Waals surface area contributed by atoms with Crippen LogP contribution < -0.4 is 14.4 Å². The first kappa shape index (κ1) is 28.4. The van der Waals surface area contributed by atoms with Crippen molar-refractivity contribution in [2.45, 2.75) is 23.1 Å². The predicted molar refractivity (Wildman–Crippen MR) is 169 cm³/mol. The van der Waals surface area contributed by atoms with Crippen LogP contribution in [0.25, 0.3) is 16.5 Å². The van der Waals surface area contributed by atoms with Crippen molar-refractivity contribution in [3.05, 3.63) is 113 Å². The Morgan fingerprint density at radius 1 is 0.930 bits per heavy atom. The number of carbonyl (C=O) groups excluding carboxylic acids is 2. The summed E-state index contributed by atoms with van der Waals surface area (Å²) in [5.74, 6) is -0.397. The van der Waals surface area contributed by atoms with Crippen LogP contribution in [0.3, 0.4) is 0 Å². The van der Waals surface area contributed by atoms with Crippen LogP contribution in [0.15, 0.2) is 94.8 Å². The smallest absolute Gasteiger partial charge is 0.301 e. The van der Waals surface area contributed by atoms with Gasteiger partial charge in [-0.2, -0.15) is 0 Å². The van der Waals surface area contributed by atoms with Crippen LogP contribution in [0.1, 0.15) is 28.3 Å². The van der Waals surface area contributed by atoms with Crippen LogP contribution in [0.2, 0.25) is 0 Å². The number of ether oxygens (including phenoxy) is 2. The highest BCUT2D eigenvalue weighted by Gasteiger charge is 2.48. The second kappa shape index (κ2) is 11.9. The number of carbonyl (C=O) groups is 2. The van der Waals surface area contributed by atoms with Gasteiger partial charge in [0.2, 0.25) is 5.13 Å². The van der Waals surface area contributed by atoms with Crippen LogP contribution in [0.5, 0.6) is 11.5 Å². The standard InChI is InChI=1S/C33H27N3O5S2/c1-19-11-13-21(14-12-19)28-27(29(37)22-15-16-25(40-2)26(17-22)41-3)30(38)31(39)36(28)32-34-35-33(43-32)42-18-23-9-6-8-20-7-4-5-10-24(20)23/h4-17,28,37H,18H2,1-3H3/b29-27-. The number of aromatic nitrogens is 2. The summed E-state index contributed by atoms with van der Waals surface area (Å²) in [7, 11) is 3.00. The lowest BCUT2D eigenvalue weighted by Gasteiger charge is -2.22. The molecule has 0 spiro atoms. The molecule has 8 nitrogen and oxygen atoms in total. The van der Waals surface area contributed by atoms with Gasteiger partial charge in [0.15, 0.2) is 15.8 Å². The van der Waals surface area contributed by atoms with E-state index in [-0.39, 0.29) is 16.5 Å². The van der Waals surface area contributed by atoms with E-state index in [0.29, 0.717) is 32.7 Å². The summed E-state index contributed by atoms with van der Waals surface area (Å²) in [6, 6.07) is 25.8. The van der Waals surface area contributed by atoms with E-state index in [1.54, 1.807) is 18.2 Å². The number of Topliss-reactive ketones (excluding diaryl/α,β-unsaturated/α-hetero) is 1. The van der Waals surface area contributed by atoms with E-state index in [1.165, 1.54) is 47.6 Å². The lowest BCUT2D eigenvalue weighted by Crippen LogP contribution is -2.29. The summed E-state index contributed by atoms with van der Waals surface area (Å²) in [6.45, 7) is 1.95. The maximum Gasteiger partial charge on any atom is 0.301 e. The van der Waals surface area contributed by atoms with E-state index in [9.17, 15) is 14.7 Å². The van der Waals surface area contributed by atoms with Crippen LogP contribution in [0.4, 0.5) is 5.13 Å². The average Bonchev–Trinajstić information content (AvgIpc) is 3.61. The molecule has 5 aromatic rings. The van der Waals surface area contributed by atoms with E-state index in [0.717, 1.165) is 16.5 Å². The summed E-state index contributed by atoms with van der Waals surface area (Å²) >= 11 is 2.75. The Hall–Kier alpha value is -4.67. The van der Waals surface area contributed by atoms with Crippen LogP contribution >= 0.6 is 23.1 Å². The summed E-state index contributed by atoms with van der Waals surface area (Å²) < 4.78 is 11.4. The molecule has 6 rings (SSSR count). The minimum Gasteiger partial charge on any atom is -0.507 e. The number of benzene rings is 4. The maximum absolute atomic E-state index is 13.6. The van der Waals surface area contributed by atoms with Crippen molar-refractivity contribution in [1.82, 2.24) is 10.2 Å². The Labute approximate surface area is 256 Å². The van der Waals surface area contributed by atoms with E-state index in [1.807, 2.05) is 49.4 Å². The van der Waals surface area contributed by atoms with Crippen molar-refractivity contribution < 1.29 is 24.2 Å². The first-order valence-corrected chi connectivity index (χ1v) is 15.2. The van der Waals surface area contributed by atoms with Gasteiger partial charge in [0, 0.05) is 11.3 Å². The number of nitrogens with zero attached hydrogens (tertiary/aromatic N) is 3. The summed E-state index contributed by atoms with van der Waals surface area (Å²) in [6.07, 6.45) is 0. The first-order chi connectivity index (χ1) is 20.9. The Bertz CT molecular complexity index is 1880. The third-order valence-electron chi connectivity index (χ3n) is 7.33. The van der Waals surface area contributed by atoms with Gasteiger partial charge in [0.05, 0.1) is 25.8 Å². The van der Waals surface area contributed by atoms with Crippen LogP contribution in [0, 0.1) is 6.92 Å². The normalized spacial score (nSPS) is 16.2. The molecule has 1 aliphatic heterocycles. The van der Waals surface area contributed by atoms with Gasteiger partial charge >= 0.3 is 5.91 Å². The number of thioether (sulfide) groups is 1. The topological polar surface area (TPSA) is 102 Å². The predicted octanol–water partition coefficient (Wildman–Crippen LogP) is 6.94. The Kier molecular flexibility index (Phi) is 7.88. The van der Waals surface area contributed by atoms with Crippen molar-refractivity contribution in [3.8, 4) is 11.5 Å². The Balaban J connectivity index is 1.38. The van der Waals surface area contributed by atoms with Gasteiger partial charge in [-0.15, -0.1) is 10.2 Å². The largest absolute Gasteiger partial charge is 0.507 e. The Morgan fingerprint density at radius 3 is 2.44 bits per heavy atom. The highest BCUT2D eigenvalue weighted by molar-refractivity contribution is 8.00. The van der Waals surface area contributed by atoms with E-state index in [4.69, 9.17) is 9.47 Å². The quantitative estimate of drug-likeness (QED) is 0.0664. The highest BCUT2D eigenvalue weighted by atomic mass is 32.2. The van der Waals surface area contributed by atoms with Gasteiger partial charge in [-0.1, -0.05) is 95.4 Å². The summed E-state index contributed by atoms with van der Waals surface area (Å²) in [5, 5.41) is 22.8. The van der Waals surface area contributed by atoms with Crippen molar-refractivity contribution in [3.63, 3.8) is 0 Å². The number of ketones is 1. The molecule has 4 aromatic carbocycles. The highest BCUT2D eigenvalue weighted by Crippen LogP contribution is 2.45. The number of rotatable bonds is 8. The number of amides is 1. The average molecular weight is 610 g/mol. The summed E-state index contributed by atoms with van der Waals surface area (Å²) in [5.41, 5.74) is 3.11. The fourth-order valence-corrected chi connectivity index (χ4v) is 7.02. The second-order valence-electron chi connectivity index (χ2n) is 9.93. The van der Waals surface area contributed by atoms with Crippen molar-refractivity contribution in [2.75, 3.05) is 19.1 Å². The molecule has 1 aliphatic rings. The zero-order chi connectivity index (χ0) is 30.1. The number of hydrogen-bond donors (Lipinski definition) is 1. The lowest BCUT2D eigenvalue weighted by molar-refractivity contribution is -0.132. The molecule has 1 fully saturated rings. The van der Waals surface area contributed by atoms with E-state index >= 15 is 0 Å². The molecule has 1 saturated heterocycles. The molecule has 0 radical (unpaired) electrons. The van der Waals surface area contributed by atoms with Gasteiger partial charge in [0.25, 0.3) is 5.78 Å². The molecule has 10 heteroatoms. The molecular weight excluding hydrogens is 583 g/mol. The van der Waals surface area contributed by atoms with E-state index < -0.39 is 17.7 Å². The fourth-order valence-electron chi connectivity index (χ4n) is 5.15. The molecule has 1 atom stereocenters. The summed E-state index contributed by atoms with van der Waals surface area (Å²) in [4.78, 5) is 28.5. The molecule has 0 aliphatic carbocycles. The van der Waals surface area contributed by atoms with Crippen molar-refractivity contribution in [1.29, 1.82) is 0 Å². The third-order valence-corrected chi connectivity index (χ3v) is 9.43. The first-order valence-electron chi connectivity index (χ1n) is 13.4. The zero-order valence-corrected chi connectivity index (χ0v) is 25.2. The number of anilines is 1. The number of aliphatic hydroxyl groups excluding tert-OH is 1. The monoisotopic (exact) mass is 609 g/mol. The van der Waals surface area contributed by atoms with Gasteiger partial charge in [-0.25, -0.2) is 0 Å². The molecule has 2 heterocycles. The molecule has 216 valence electrons. The van der Waals surface area contributed by atoms with Crippen molar-refractivity contribution >= 4 is 56.5 Å². The Morgan fingerprint density at radius 2 is 1.67 bits per heavy atom. The second-order valence-corrected chi connectivity index (χ2v) is 12.1. The molecule has 43 heavy (non-hydrogen) atoms. The van der Waals surface area contributed by atoms with Crippen LogP contribution in [-0.4, -0.2) is 41.2 Å². The lowest BCUT2D eigenvalue weighted by atomic mass is 9.95. The van der Waals surface area contributed by atoms with Gasteiger partial charge < -0.3 is 14.6 Å². The molecule has 1 amide bonds. The number of methoxy groups -OCH3 is 2. The number of aliphatic hydroxyl groups is 1. The zero-order valence-electron chi connectivity index (χ0n) is 23.6.